The van der Waals surface area contributed by atoms with Crippen molar-refractivity contribution in [1.29, 1.82) is 0 Å². The summed E-state index contributed by atoms with van der Waals surface area (Å²) in [5.41, 5.74) is 2.36. The van der Waals surface area contributed by atoms with Crippen LogP contribution in [-0.4, -0.2) is 126 Å². The standard InChI is InChI=1S/C80H48N8O24S16.Ga.H2O/c89-105-109-121-49-9-1-41(2-10-49)113-57-33-34-58(114-42-3-11-50(12-4-42)122-110-106-90)66-65(57)73-81-74(66)83-76-68-60(116-44-7-15-52(16-8-44)124-112-108-92)36-38-62(118-46-19-27-54(28-20-46)126(96,97)98)70(68)78(85-76)87-80-72-64(120-48-23-31-56(32-24-48)128(102,103)104)40-39-63(119-47-21-29-55(30-22-47)127(99,100)101)71(72)79(88-80)86-77-69-61(117-45-17-25-53(26-18-45)125(93,94)95)37-35-59(67(69)75(82-73)84-77)115-43-5-13-51(14-6-43)123-111-107-91;;/h1-40H,(H8-2,81,82,83,84,85,86,87,88,89,90,91,92,93,94,95,96,97,98,99,100,101,102,103,104);;1H2/q-2;+2;. The first-order valence-electron chi connectivity index (χ1n) is 36.3. The summed E-state index contributed by atoms with van der Waals surface area (Å²) < 4.78 is 166. The first-order valence-corrected chi connectivity index (χ1v) is 53.8. The van der Waals surface area contributed by atoms with Crippen LogP contribution >= 0.6 is 142 Å². The maximum absolute atomic E-state index is 12.8. The van der Waals surface area contributed by atoms with Crippen LogP contribution in [0.2, 0.25) is 0 Å². The second kappa shape index (κ2) is 39.9. The molecule has 0 saturated heterocycles. The minimum absolute atomic E-state index is 0. The number of nitrogens with zero attached hydrogens (tertiary/aromatic N) is 8. The fourth-order valence-corrected chi connectivity index (χ4v) is 27.5. The third-order valence-corrected chi connectivity index (χ3v) is 36.4. The number of aromatic nitrogens is 2. The monoisotopic (exact) mass is 2100 g/mol. The predicted molar refractivity (Wildman–Crippen MR) is 491 cm³/mol. The van der Waals surface area contributed by atoms with Gasteiger partial charge < -0.3 is 5.48 Å². The number of fused-ring (bicyclic) bond motifs is 14. The SMILES string of the molecule is O.O=S(=O)(O)c1ccc(Sc2ccc(Sc3ccc(SOOO)cc3)c3c2C2=Nc4c5c(Sc6ccc(S(=O)(=O)O)cc6)ccc(Sc6ccc(S(=O)(=O)O)cc6)c5c5[n]4[Ga][n]4c(c6c(Sc7ccc(SOOO)cc7)ccc(Sc7ccc(SOOO)cc7)c6c4=NC4=NC(=N5)c5c(Sc6ccc(S(=O)(=O)O)cc6)ccc(Sc6ccc(SOOO)cc6)c54)=NC3=N2)cc1. The van der Waals surface area contributed by atoms with Gasteiger partial charge in [-0.25, -0.2) is 21.0 Å². The number of rotatable bonds is 32. The van der Waals surface area contributed by atoms with Gasteiger partial charge in [-0.3, -0.25) is 9.11 Å². The molecule has 2 aromatic heterocycles. The van der Waals surface area contributed by atoms with Crippen LogP contribution in [0.15, 0.2) is 390 Å². The molecule has 4 aliphatic heterocycles. The van der Waals surface area contributed by atoms with Crippen LogP contribution in [0.3, 0.4) is 0 Å². The molecule has 10 N–H and O–H groups in total. The molecule has 130 heavy (non-hydrogen) atoms. The second-order valence-corrected chi connectivity index (χ2v) is 47.1. The molecule has 6 bridgehead atoms. The van der Waals surface area contributed by atoms with Gasteiger partial charge in [-0.05, 0) is 0 Å². The summed E-state index contributed by atoms with van der Waals surface area (Å²) in [4.78, 5) is 45.1. The molecule has 0 aliphatic carbocycles. The van der Waals surface area contributed by atoms with Crippen LogP contribution in [0.5, 0.6) is 0 Å². The number of aliphatic imine (C=N–C) groups is 4. The van der Waals surface area contributed by atoms with Crippen molar-refractivity contribution in [3.8, 4) is 0 Å². The molecule has 0 saturated carbocycles. The molecule has 12 aromatic carbocycles. The van der Waals surface area contributed by atoms with Crippen molar-refractivity contribution in [2.24, 2.45) is 30.0 Å². The summed E-state index contributed by atoms with van der Waals surface area (Å²) in [7, 11) is -18.8. The third-order valence-electron chi connectivity index (χ3n) is 19.0. The van der Waals surface area contributed by atoms with Crippen molar-refractivity contribution in [3.63, 3.8) is 0 Å². The molecule has 4 aliphatic rings. The Labute approximate surface area is 794 Å². The van der Waals surface area contributed by atoms with Crippen molar-refractivity contribution >= 4 is 257 Å². The van der Waals surface area contributed by atoms with Crippen molar-refractivity contribution in [3.05, 3.63) is 276 Å². The molecule has 14 aromatic rings. The van der Waals surface area contributed by atoms with Crippen LogP contribution in [0, 0.1) is 0 Å². The molecule has 0 fully saturated rings. The molecular formula is C80H50GaN8O25S16. The van der Waals surface area contributed by atoms with E-state index in [4.69, 9.17) is 57.8 Å². The molecule has 0 spiro atoms. The number of hydrogen-bond donors (Lipinski definition) is 8. The average Bonchev–Trinajstić information content (AvgIpc) is 1.54. The Morgan fingerprint density at radius 2 is 0.431 bits per heavy atom. The van der Waals surface area contributed by atoms with Crippen LogP contribution in [-0.2, 0) is 78.0 Å². The van der Waals surface area contributed by atoms with E-state index in [1.165, 1.54) is 167 Å². The van der Waals surface area contributed by atoms with Gasteiger partial charge in [0.15, 0.2) is 0 Å². The molecule has 0 unspecified atom stereocenters. The number of amidine groups is 4. The average molecular weight is 2110 g/mol. The van der Waals surface area contributed by atoms with Crippen LogP contribution < -0.4 is 11.0 Å². The van der Waals surface area contributed by atoms with Crippen molar-refractivity contribution in [2.45, 2.75) is 117 Å². The van der Waals surface area contributed by atoms with Crippen molar-refractivity contribution < 1.29 is 116 Å². The summed E-state index contributed by atoms with van der Waals surface area (Å²) >= 11 is 10.5. The van der Waals surface area contributed by atoms with Crippen LogP contribution in [0.1, 0.15) is 22.3 Å². The Kier molecular flexibility index (Phi) is 28.7. The minimum atomic E-state index is -4.72. The van der Waals surface area contributed by atoms with E-state index < -0.39 is 58.4 Å². The zero-order valence-corrected chi connectivity index (χ0v) is 79.9. The van der Waals surface area contributed by atoms with Gasteiger partial charge in [0.1, 0.15) is 0 Å². The summed E-state index contributed by atoms with van der Waals surface area (Å²) in [5.74, 6) is 0.898. The summed E-state index contributed by atoms with van der Waals surface area (Å²) in [6.45, 7) is 0. The van der Waals surface area contributed by atoms with E-state index in [2.05, 4.69) is 23.4 Å². The fourth-order valence-electron chi connectivity index (χ4n) is 13.5. The molecule has 0 atom stereocenters. The molecule has 50 heteroatoms. The van der Waals surface area contributed by atoms with Crippen molar-refractivity contribution in [2.75, 3.05) is 0 Å². The quantitative estimate of drug-likeness (QED) is 0.00638. The second-order valence-electron chi connectivity index (χ2n) is 26.8. The van der Waals surface area contributed by atoms with Gasteiger partial charge in [0.25, 0.3) is 0 Å². The topological polar surface area (TPSA) is 488 Å². The Morgan fingerprint density at radius 3 is 0.654 bits per heavy atom. The molecule has 659 valence electrons. The first kappa shape index (κ1) is 93.8. The molecule has 6 heterocycles. The number of hydrogen-bond acceptors (Lipinski definition) is 38. The Balaban J connectivity index is 0.0000118. The van der Waals surface area contributed by atoms with Gasteiger partial charge in [0.2, 0.25) is 0 Å². The van der Waals surface area contributed by atoms with E-state index in [-0.39, 0.29) is 60.0 Å². The number of benzene rings is 12. The predicted octanol–water partition coefficient (Wildman–Crippen LogP) is 19.6. The van der Waals surface area contributed by atoms with Gasteiger partial charge in [-0.15, -0.1) is 8.67 Å². The van der Waals surface area contributed by atoms with Gasteiger partial charge in [-0.1, -0.05) is 10.1 Å². The van der Waals surface area contributed by atoms with Gasteiger partial charge in [-0.2, -0.15) is 16.8 Å². The van der Waals surface area contributed by atoms with E-state index in [1.807, 2.05) is 100 Å². The van der Waals surface area contributed by atoms with E-state index in [0.717, 1.165) is 48.2 Å². The summed E-state index contributed by atoms with van der Waals surface area (Å²) in [6, 6.07) is 66.4. The Morgan fingerprint density at radius 1 is 0.238 bits per heavy atom. The van der Waals surface area contributed by atoms with E-state index in [9.17, 15) is 62.4 Å². The van der Waals surface area contributed by atoms with Gasteiger partial charge in [0.05, 0.1) is 0 Å². The molecule has 18 rings (SSSR count). The van der Waals surface area contributed by atoms with Gasteiger partial charge >= 0.3 is 732 Å². The molecule has 0 amide bonds. The van der Waals surface area contributed by atoms with E-state index in [1.54, 1.807) is 72.8 Å². The van der Waals surface area contributed by atoms with Crippen LogP contribution in [0.4, 0.5) is 11.6 Å². The summed E-state index contributed by atoms with van der Waals surface area (Å²) in [5, 5.41) is 54.4. The normalized spacial score (nSPS) is 13.3. The Hall–Kier alpha value is -8.04. The van der Waals surface area contributed by atoms with E-state index >= 15 is 0 Å². The zero-order valence-electron chi connectivity index (χ0n) is 64.4. The molecule has 1 radical (unpaired) electrons. The third kappa shape index (κ3) is 20.5. The van der Waals surface area contributed by atoms with E-state index in [0.29, 0.717) is 153 Å². The van der Waals surface area contributed by atoms with Crippen molar-refractivity contribution in [1.82, 2.24) is 6.55 Å². The fraction of sp³-hybridized carbons (Fsp3) is 0. The van der Waals surface area contributed by atoms with Crippen LogP contribution in [0.25, 0.3) is 21.5 Å². The molecular weight excluding hydrogens is 2060 g/mol. The zero-order chi connectivity index (χ0) is 89.6. The maximum atomic E-state index is 12.8. The molecule has 33 nitrogen and oxygen atoms in total. The van der Waals surface area contributed by atoms with Gasteiger partial charge in [0, 0.05) is 0 Å². The first-order chi connectivity index (χ1) is 62.2. The Bertz CT molecular complexity index is 7170. The summed E-state index contributed by atoms with van der Waals surface area (Å²) in [6.07, 6.45) is 0.